The van der Waals surface area contributed by atoms with Gasteiger partial charge in [-0.3, -0.25) is 0 Å². The minimum atomic E-state index is -0.537. The Morgan fingerprint density at radius 1 is 1.15 bits per heavy atom. The van der Waals surface area contributed by atoms with Crippen LogP contribution in [0, 0.1) is 11.3 Å². The second kappa shape index (κ2) is 7.22. The van der Waals surface area contributed by atoms with Crippen LogP contribution >= 0.6 is 0 Å². The van der Waals surface area contributed by atoms with Gasteiger partial charge in [-0.25, -0.2) is 4.98 Å². The highest BCUT2D eigenvalue weighted by molar-refractivity contribution is 6.62. The fraction of sp³-hybridized carbons (Fsp3) is 0.400. The van der Waals surface area contributed by atoms with E-state index >= 15 is 0 Å². The van der Waals surface area contributed by atoms with Crippen molar-refractivity contribution in [1.29, 1.82) is 5.26 Å². The van der Waals surface area contributed by atoms with Gasteiger partial charge >= 0.3 is 7.12 Å². The molecule has 27 heavy (non-hydrogen) atoms. The van der Waals surface area contributed by atoms with Crippen LogP contribution in [0.5, 0.6) is 5.75 Å². The maximum absolute atomic E-state index is 9.53. The number of aromatic nitrogens is 1. The van der Waals surface area contributed by atoms with E-state index in [9.17, 15) is 5.26 Å². The van der Waals surface area contributed by atoms with Gasteiger partial charge in [0.15, 0.2) is 0 Å². The molecule has 6 nitrogen and oxygen atoms in total. The first kappa shape index (κ1) is 19.2. The van der Waals surface area contributed by atoms with Crippen LogP contribution in [0.1, 0.15) is 38.8 Å². The molecule has 1 aromatic carbocycles. The molecule has 1 saturated heterocycles. The van der Waals surface area contributed by atoms with Crippen LogP contribution in [0.15, 0.2) is 36.5 Å². The van der Waals surface area contributed by atoms with Crippen molar-refractivity contribution in [2.24, 2.45) is 0 Å². The molecule has 3 rings (SSSR count). The molecule has 140 valence electrons. The third kappa shape index (κ3) is 3.92. The van der Waals surface area contributed by atoms with Crippen LogP contribution in [-0.4, -0.2) is 30.4 Å². The van der Waals surface area contributed by atoms with Crippen LogP contribution in [0.4, 0.5) is 5.82 Å². The maximum Gasteiger partial charge on any atom is 0.496 e. The summed E-state index contributed by atoms with van der Waals surface area (Å²) in [5.41, 5.74) is 1.39. The first-order valence-corrected chi connectivity index (χ1v) is 8.88. The van der Waals surface area contributed by atoms with E-state index in [4.69, 9.17) is 14.0 Å². The monoisotopic (exact) mass is 365 g/mol. The van der Waals surface area contributed by atoms with Crippen molar-refractivity contribution in [2.45, 2.75) is 45.4 Å². The predicted molar refractivity (Wildman–Crippen MR) is 105 cm³/mol. The van der Waals surface area contributed by atoms with Crippen molar-refractivity contribution in [3.05, 3.63) is 47.7 Å². The van der Waals surface area contributed by atoms with E-state index in [0.29, 0.717) is 17.9 Å². The highest BCUT2D eigenvalue weighted by Crippen LogP contribution is 2.36. The lowest BCUT2D eigenvalue weighted by atomic mass is 9.79. The normalized spacial score (nSPS) is 17.4. The average molecular weight is 365 g/mol. The molecule has 1 aliphatic heterocycles. The van der Waals surface area contributed by atoms with Crippen LogP contribution in [-0.2, 0) is 15.9 Å². The molecule has 0 spiro atoms. The number of rotatable bonds is 5. The quantitative estimate of drug-likeness (QED) is 0.822. The minimum Gasteiger partial charge on any atom is -0.497 e. The van der Waals surface area contributed by atoms with Gasteiger partial charge in [0.2, 0.25) is 0 Å². The molecule has 7 heteroatoms. The van der Waals surface area contributed by atoms with Crippen molar-refractivity contribution < 1.29 is 14.0 Å². The molecule has 1 aromatic heterocycles. The van der Waals surface area contributed by atoms with Crippen LogP contribution < -0.4 is 15.5 Å². The number of nitriles is 1. The highest BCUT2D eigenvalue weighted by atomic mass is 16.7. The van der Waals surface area contributed by atoms with E-state index in [-0.39, 0.29) is 0 Å². The Bertz CT molecular complexity index is 844. The average Bonchev–Trinajstić information content (AvgIpc) is 2.87. The molecule has 0 amide bonds. The number of pyridine rings is 1. The smallest absolute Gasteiger partial charge is 0.496 e. The Labute approximate surface area is 160 Å². The van der Waals surface area contributed by atoms with E-state index in [1.165, 1.54) is 0 Å². The van der Waals surface area contributed by atoms with Gasteiger partial charge in [-0.2, -0.15) is 5.26 Å². The summed E-state index contributed by atoms with van der Waals surface area (Å²) >= 11 is 0. The molecule has 0 bridgehead atoms. The zero-order valence-electron chi connectivity index (χ0n) is 16.4. The van der Waals surface area contributed by atoms with E-state index < -0.39 is 18.3 Å². The fourth-order valence-corrected chi connectivity index (χ4v) is 2.74. The first-order valence-electron chi connectivity index (χ1n) is 8.88. The van der Waals surface area contributed by atoms with Crippen molar-refractivity contribution in [3.8, 4) is 11.8 Å². The fourth-order valence-electron chi connectivity index (χ4n) is 2.74. The summed E-state index contributed by atoms with van der Waals surface area (Å²) in [4.78, 5) is 4.42. The van der Waals surface area contributed by atoms with Gasteiger partial charge in [-0.15, -0.1) is 0 Å². The zero-order valence-corrected chi connectivity index (χ0v) is 16.4. The van der Waals surface area contributed by atoms with Gasteiger partial charge in [0, 0.05) is 18.2 Å². The Morgan fingerprint density at radius 2 is 1.78 bits per heavy atom. The second-order valence-electron chi connectivity index (χ2n) is 7.57. The third-order valence-electron chi connectivity index (χ3n) is 5.17. The standard InChI is InChI=1S/C20H24BN3O3/c1-19(2)20(3,4)27-21(26-19)16-10-15(11-22)18(24-13-16)23-12-14-6-8-17(25-5)9-7-14/h6-10,13H,12H2,1-5H3,(H,23,24). The van der Waals surface area contributed by atoms with Crippen molar-refractivity contribution >= 4 is 18.4 Å². The summed E-state index contributed by atoms with van der Waals surface area (Å²) in [5, 5.41) is 12.7. The number of benzene rings is 1. The van der Waals surface area contributed by atoms with Gasteiger partial charge in [0.1, 0.15) is 17.6 Å². The van der Waals surface area contributed by atoms with E-state index in [2.05, 4.69) is 16.4 Å². The van der Waals surface area contributed by atoms with Gasteiger partial charge in [0.05, 0.1) is 23.9 Å². The minimum absolute atomic E-state index is 0.435. The molecule has 0 atom stereocenters. The Balaban J connectivity index is 1.74. The number of nitrogens with zero attached hydrogens (tertiary/aromatic N) is 2. The number of methoxy groups -OCH3 is 1. The Kier molecular flexibility index (Phi) is 5.14. The van der Waals surface area contributed by atoms with Crippen molar-refractivity contribution in [2.75, 3.05) is 12.4 Å². The lowest BCUT2D eigenvalue weighted by molar-refractivity contribution is 0.00578. The van der Waals surface area contributed by atoms with Crippen molar-refractivity contribution in [3.63, 3.8) is 0 Å². The molecule has 1 N–H and O–H groups in total. The third-order valence-corrected chi connectivity index (χ3v) is 5.17. The summed E-state index contributed by atoms with van der Waals surface area (Å²) in [6.45, 7) is 8.54. The summed E-state index contributed by atoms with van der Waals surface area (Å²) in [6.07, 6.45) is 1.69. The Hall–Kier alpha value is -2.56. The molecule has 1 fully saturated rings. The lowest BCUT2D eigenvalue weighted by Crippen LogP contribution is -2.41. The van der Waals surface area contributed by atoms with Gasteiger partial charge in [0.25, 0.3) is 0 Å². The van der Waals surface area contributed by atoms with Crippen LogP contribution in [0.3, 0.4) is 0 Å². The molecular weight excluding hydrogens is 341 g/mol. The summed E-state index contributed by atoms with van der Waals surface area (Å²) < 4.78 is 17.2. The summed E-state index contributed by atoms with van der Waals surface area (Å²) in [7, 11) is 1.10. The number of hydrogen-bond donors (Lipinski definition) is 1. The van der Waals surface area contributed by atoms with Crippen LogP contribution in [0.25, 0.3) is 0 Å². The molecule has 0 saturated carbocycles. The number of nitrogens with one attached hydrogen (secondary N) is 1. The lowest BCUT2D eigenvalue weighted by Gasteiger charge is -2.32. The van der Waals surface area contributed by atoms with Crippen molar-refractivity contribution in [1.82, 2.24) is 4.98 Å². The number of ether oxygens (including phenoxy) is 1. The van der Waals surface area contributed by atoms with E-state index in [1.54, 1.807) is 19.4 Å². The largest absolute Gasteiger partial charge is 0.497 e. The molecule has 0 unspecified atom stereocenters. The Morgan fingerprint density at radius 3 is 2.33 bits per heavy atom. The molecule has 2 aromatic rings. The molecular formula is C20H24BN3O3. The summed E-state index contributed by atoms with van der Waals surface area (Å²) in [5.74, 6) is 1.34. The molecule has 2 heterocycles. The SMILES string of the molecule is COc1ccc(CNc2ncc(B3OC(C)(C)C(C)(C)O3)cc2C#N)cc1. The number of anilines is 1. The molecule has 0 aliphatic carbocycles. The maximum atomic E-state index is 9.53. The topological polar surface area (TPSA) is 76.4 Å². The molecule has 1 aliphatic rings. The molecule has 0 radical (unpaired) electrons. The second-order valence-corrected chi connectivity index (χ2v) is 7.57. The number of hydrogen-bond acceptors (Lipinski definition) is 6. The highest BCUT2D eigenvalue weighted by Gasteiger charge is 2.51. The van der Waals surface area contributed by atoms with E-state index in [0.717, 1.165) is 16.8 Å². The van der Waals surface area contributed by atoms with Gasteiger partial charge < -0.3 is 19.4 Å². The van der Waals surface area contributed by atoms with Gasteiger partial charge in [-0.05, 0) is 51.5 Å². The zero-order chi connectivity index (χ0) is 19.7. The van der Waals surface area contributed by atoms with Gasteiger partial charge in [-0.1, -0.05) is 12.1 Å². The predicted octanol–water partition coefficient (Wildman–Crippen LogP) is 2.87. The first-order chi connectivity index (χ1) is 12.8. The van der Waals surface area contributed by atoms with E-state index in [1.807, 2.05) is 52.0 Å². The van der Waals surface area contributed by atoms with Crippen LogP contribution in [0.2, 0.25) is 0 Å². The summed E-state index contributed by atoms with van der Waals surface area (Å²) in [6, 6.07) is 11.7.